The maximum absolute atomic E-state index is 13.7. The van der Waals surface area contributed by atoms with E-state index >= 15 is 0 Å². The molecule has 0 bridgehead atoms. The van der Waals surface area contributed by atoms with E-state index in [0.29, 0.717) is 17.0 Å². The number of hydrogen-bond donors (Lipinski definition) is 2. The Balaban J connectivity index is 1.43. The Morgan fingerprint density at radius 3 is 2.20 bits per heavy atom. The Hall–Kier alpha value is -4.17. The summed E-state index contributed by atoms with van der Waals surface area (Å²) in [6.45, 7) is 3.66. The average Bonchev–Trinajstić information content (AvgIpc) is 3.52. The topological polar surface area (TPSA) is 142 Å². The first-order valence-electron chi connectivity index (χ1n) is 14.1. The molecule has 0 radical (unpaired) electrons. The normalized spacial score (nSPS) is 16.1. The van der Waals surface area contributed by atoms with E-state index in [1.54, 1.807) is 37.4 Å². The molecule has 2 unspecified atom stereocenters. The molecule has 0 spiro atoms. The van der Waals surface area contributed by atoms with Crippen molar-refractivity contribution in [3.63, 3.8) is 0 Å². The summed E-state index contributed by atoms with van der Waals surface area (Å²) in [6, 6.07) is 24.0. The summed E-state index contributed by atoms with van der Waals surface area (Å²) in [5, 5.41) is 3.92. The van der Waals surface area contributed by atoms with E-state index in [0.717, 1.165) is 23.0 Å². The molecule has 1 aliphatic rings. The van der Waals surface area contributed by atoms with Crippen LogP contribution in [-0.2, 0) is 29.4 Å². The molecule has 13 heteroatoms. The van der Waals surface area contributed by atoms with Gasteiger partial charge in [0.15, 0.2) is 0 Å². The van der Waals surface area contributed by atoms with Gasteiger partial charge in [-0.15, -0.1) is 11.3 Å². The minimum atomic E-state index is -4.33. The molecule has 1 aromatic heterocycles. The number of amides is 2. The lowest BCUT2D eigenvalue weighted by molar-refractivity contribution is -0.128. The number of aliphatic imine (C=N–C) groups is 1. The van der Waals surface area contributed by atoms with Crippen molar-refractivity contribution in [2.45, 2.75) is 46.5 Å². The number of hydrogen-bond acceptors (Lipinski definition) is 8. The van der Waals surface area contributed by atoms with E-state index in [2.05, 4.69) is 15.0 Å². The molecule has 10 nitrogen and oxygen atoms in total. The van der Waals surface area contributed by atoms with Crippen molar-refractivity contribution in [1.29, 1.82) is 0 Å². The molecule has 0 fully saturated rings. The Morgan fingerprint density at radius 1 is 0.911 bits per heavy atom. The fraction of sp³-hybridized carbons (Fsp3) is 0.219. The van der Waals surface area contributed by atoms with Gasteiger partial charge in [-0.1, -0.05) is 80.6 Å². The molecule has 2 atom stereocenters. The van der Waals surface area contributed by atoms with Gasteiger partial charge in [-0.3, -0.25) is 9.59 Å². The Kier molecular flexibility index (Phi) is 9.35. The van der Waals surface area contributed by atoms with Crippen LogP contribution in [0.15, 0.2) is 115 Å². The SMILES string of the molecule is CC(C)CC(NS(=O)(=O)c1cc(S(=O)(=O)c2ccccc2)cs1)C(=O)NC1N=C(c2ccccc2)c2ccccc2N(C)C1=O. The molecule has 234 valence electrons. The standard InChI is InChI=1S/C32H32N4O6S3/c1-21(2)18-26(35-45(41,42)28-19-24(20-43-28)44(39,40)23-14-8-5-9-15-23)31(37)34-30-32(38)36(3)27-17-11-10-16-25(27)29(33-30)22-12-6-4-7-13-22/h4-17,19-21,26,30,35H,18H2,1-3H3,(H,34,37). The monoisotopic (exact) mass is 664 g/mol. The van der Waals surface area contributed by atoms with Crippen molar-refractivity contribution < 1.29 is 26.4 Å². The van der Waals surface area contributed by atoms with E-state index < -0.39 is 43.9 Å². The first kappa shape index (κ1) is 32.2. The van der Waals surface area contributed by atoms with Gasteiger partial charge in [0.05, 0.1) is 21.2 Å². The number of carbonyl (C=O) groups is 2. The van der Waals surface area contributed by atoms with Crippen LogP contribution in [0.25, 0.3) is 0 Å². The summed E-state index contributed by atoms with van der Waals surface area (Å²) in [4.78, 5) is 33.3. The van der Waals surface area contributed by atoms with Gasteiger partial charge in [-0.05, 0) is 36.6 Å². The predicted molar refractivity (Wildman–Crippen MR) is 174 cm³/mol. The lowest BCUT2D eigenvalue weighted by Crippen LogP contribution is -2.53. The number of sulfone groups is 1. The van der Waals surface area contributed by atoms with Gasteiger partial charge in [0.1, 0.15) is 10.3 Å². The van der Waals surface area contributed by atoms with Crippen molar-refractivity contribution in [3.05, 3.63) is 108 Å². The van der Waals surface area contributed by atoms with Gasteiger partial charge >= 0.3 is 0 Å². The van der Waals surface area contributed by atoms with Crippen LogP contribution >= 0.6 is 11.3 Å². The minimum absolute atomic E-state index is 0.0346. The van der Waals surface area contributed by atoms with E-state index in [4.69, 9.17) is 0 Å². The molecule has 4 aromatic rings. The number of fused-ring (bicyclic) bond motifs is 1. The zero-order chi connectivity index (χ0) is 32.4. The molecule has 2 N–H and O–H groups in total. The number of sulfonamides is 1. The number of anilines is 1. The molecule has 5 rings (SSSR count). The Labute approximate surface area is 266 Å². The second kappa shape index (κ2) is 13.1. The highest BCUT2D eigenvalue weighted by molar-refractivity contribution is 7.93. The summed E-state index contributed by atoms with van der Waals surface area (Å²) in [5.41, 5.74) is 2.56. The largest absolute Gasteiger partial charge is 0.325 e. The molecule has 1 aliphatic heterocycles. The predicted octanol–water partition coefficient (Wildman–Crippen LogP) is 4.23. The quantitative estimate of drug-likeness (QED) is 0.260. The van der Waals surface area contributed by atoms with Crippen LogP contribution in [0.4, 0.5) is 5.69 Å². The van der Waals surface area contributed by atoms with Crippen LogP contribution in [0, 0.1) is 5.92 Å². The van der Waals surface area contributed by atoms with Gasteiger partial charge in [0.25, 0.3) is 15.9 Å². The number of benzene rings is 3. The van der Waals surface area contributed by atoms with Gasteiger partial charge in [0, 0.05) is 23.6 Å². The third-order valence-electron chi connectivity index (χ3n) is 7.17. The Bertz CT molecular complexity index is 1960. The average molecular weight is 665 g/mol. The molecular weight excluding hydrogens is 633 g/mol. The van der Waals surface area contributed by atoms with E-state index in [1.165, 1.54) is 22.4 Å². The molecule has 0 saturated carbocycles. The zero-order valence-corrected chi connectivity index (χ0v) is 27.2. The van der Waals surface area contributed by atoms with Crippen molar-refractivity contribution in [2.24, 2.45) is 10.9 Å². The summed E-state index contributed by atoms with van der Waals surface area (Å²) in [7, 11) is -6.68. The van der Waals surface area contributed by atoms with Crippen molar-refractivity contribution in [2.75, 3.05) is 11.9 Å². The lowest BCUT2D eigenvalue weighted by atomic mass is 10.0. The second-order valence-corrected chi connectivity index (χ2v) is 15.7. The molecule has 0 aliphatic carbocycles. The number of para-hydroxylation sites is 1. The van der Waals surface area contributed by atoms with Crippen LogP contribution in [0.3, 0.4) is 0 Å². The van der Waals surface area contributed by atoms with Crippen LogP contribution in [0.2, 0.25) is 0 Å². The number of likely N-dealkylation sites (N-methyl/N-ethyl adjacent to an activating group) is 1. The minimum Gasteiger partial charge on any atom is -0.325 e. The van der Waals surface area contributed by atoms with Crippen molar-refractivity contribution >= 4 is 54.4 Å². The number of rotatable bonds is 10. The van der Waals surface area contributed by atoms with Crippen LogP contribution < -0.4 is 14.9 Å². The van der Waals surface area contributed by atoms with E-state index in [1.807, 2.05) is 56.3 Å². The van der Waals surface area contributed by atoms with Gasteiger partial charge in [0.2, 0.25) is 21.9 Å². The van der Waals surface area contributed by atoms with Crippen molar-refractivity contribution in [3.8, 4) is 0 Å². The van der Waals surface area contributed by atoms with E-state index in [9.17, 15) is 26.4 Å². The number of benzodiazepines with no additional fused rings is 1. The highest BCUT2D eigenvalue weighted by atomic mass is 32.2. The number of thiophene rings is 1. The third-order valence-corrected chi connectivity index (χ3v) is 12.0. The zero-order valence-electron chi connectivity index (χ0n) is 24.7. The maximum atomic E-state index is 13.7. The molecule has 2 amide bonds. The van der Waals surface area contributed by atoms with Gasteiger partial charge in [-0.2, -0.15) is 4.72 Å². The van der Waals surface area contributed by atoms with Crippen LogP contribution in [0.5, 0.6) is 0 Å². The van der Waals surface area contributed by atoms with Crippen LogP contribution in [-0.4, -0.2) is 53.6 Å². The van der Waals surface area contributed by atoms with E-state index in [-0.39, 0.29) is 26.3 Å². The number of nitrogens with one attached hydrogen (secondary N) is 2. The fourth-order valence-corrected chi connectivity index (χ4v) is 9.05. The summed E-state index contributed by atoms with van der Waals surface area (Å²) < 4.78 is 55.2. The Morgan fingerprint density at radius 2 is 1.53 bits per heavy atom. The third kappa shape index (κ3) is 6.91. The highest BCUT2D eigenvalue weighted by Gasteiger charge is 2.35. The molecular formula is C32H32N4O6S3. The molecule has 2 heterocycles. The van der Waals surface area contributed by atoms with Gasteiger partial charge < -0.3 is 10.2 Å². The first-order valence-corrected chi connectivity index (χ1v) is 17.9. The smallest absolute Gasteiger partial charge is 0.272 e. The molecule has 45 heavy (non-hydrogen) atoms. The first-order chi connectivity index (χ1) is 21.4. The van der Waals surface area contributed by atoms with Gasteiger partial charge in [-0.25, -0.2) is 21.8 Å². The maximum Gasteiger partial charge on any atom is 0.272 e. The highest BCUT2D eigenvalue weighted by Crippen LogP contribution is 2.29. The number of nitrogens with zero attached hydrogens (tertiary/aromatic N) is 2. The summed E-state index contributed by atoms with van der Waals surface area (Å²) >= 11 is 0.737. The molecule has 3 aromatic carbocycles. The lowest BCUT2D eigenvalue weighted by Gasteiger charge is -2.24. The van der Waals surface area contributed by atoms with Crippen molar-refractivity contribution in [1.82, 2.24) is 10.0 Å². The summed E-state index contributed by atoms with van der Waals surface area (Å²) in [5.74, 6) is -1.35. The summed E-state index contributed by atoms with van der Waals surface area (Å²) in [6.07, 6.45) is -1.23. The number of carbonyl (C=O) groups excluding carboxylic acids is 2. The fourth-order valence-electron chi connectivity index (χ4n) is 4.92. The molecule has 0 saturated heterocycles. The van der Waals surface area contributed by atoms with Crippen LogP contribution in [0.1, 0.15) is 31.4 Å². The second-order valence-electron chi connectivity index (χ2n) is 10.9.